The highest BCUT2D eigenvalue weighted by Crippen LogP contribution is 2.30. The summed E-state index contributed by atoms with van der Waals surface area (Å²) in [5.74, 6) is -0.623. The highest BCUT2D eigenvalue weighted by molar-refractivity contribution is 6.08. The van der Waals surface area contributed by atoms with Gasteiger partial charge in [0.1, 0.15) is 22.8 Å². The number of aromatic nitrogens is 2. The van der Waals surface area contributed by atoms with Crippen molar-refractivity contribution in [1.29, 1.82) is 0 Å². The van der Waals surface area contributed by atoms with Crippen molar-refractivity contribution in [1.82, 2.24) is 9.78 Å². The van der Waals surface area contributed by atoms with Gasteiger partial charge >= 0.3 is 5.97 Å². The number of carbonyl (C=O) groups excluding carboxylic acids is 1. The van der Waals surface area contributed by atoms with Crippen molar-refractivity contribution in [3.63, 3.8) is 0 Å². The zero-order chi connectivity index (χ0) is 21.8. The van der Waals surface area contributed by atoms with Crippen LogP contribution >= 0.6 is 0 Å². The highest BCUT2D eigenvalue weighted by Gasteiger charge is 2.27. The van der Waals surface area contributed by atoms with E-state index in [1.54, 1.807) is 42.1 Å². The SMILES string of the molecule is COc1cccc(NC(=O)c2cnn3c2NC(C(=O)O)=CC3C=Cc2ccccc2)c1. The minimum absolute atomic E-state index is 0.0221. The quantitative estimate of drug-likeness (QED) is 0.565. The van der Waals surface area contributed by atoms with Crippen LogP contribution in [-0.4, -0.2) is 33.9 Å². The summed E-state index contributed by atoms with van der Waals surface area (Å²) in [4.78, 5) is 24.5. The standard InChI is InChI=1S/C23H20N4O4/c1-31-18-9-5-8-16(12-18)25-22(28)19-14-24-27-17(11-10-15-6-3-2-4-7-15)13-20(23(29)30)26-21(19)27/h2-14,17,26H,1H3,(H,25,28)(H,29,30). The number of aliphatic carboxylic acids is 1. The first-order chi connectivity index (χ1) is 15.0. The monoisotopic (exact) mass is 416 g/mol. The van der Waals surface area contributed by atoms with Crippen LogP contribution in [0.15, 0.2) is 78.6 Å². The number of anilines is 2. The molecule has 2 heterocycles. The van der Waals surface area contributed by atoms with Crippen molar-refractivity contribution in [2.45, 2.75) is 6.04 Å². The Hall–Kier alpha value is -4.33. The molecule has 1 aliphatic rings. The molecule has 0 spiro atoms. The van der Waals surface area contributed by atoms with Crippen molar-refractivity contribution in [3.05, 3.63) is 89.8 Å². The molecule has 0 saturated carbocycles. The Bertz CT molecular complexity index is 1180. The van der Waals surface area contributed by atoms with Gasteiger partial charge in [0, 0.05) is 11.8 Å². The van der Waals surface area contributed by atoms with E-state index >= 15 is 0 Å². The van der Waals surface area contributed by atoms with Crippen LogP contribution in [0.3, 0.4) is 0 Å². The first-order valence-electron chi connectivity index (χ1n) is 9.53. The van der Waals surface area contributed by atoms with Crippen LogP contribution in [0.4, 0.5) is 11.5 Å². The van der Waals surface area contributed by atoms with Gasteiger partial charge in [-0.2, -0.15) is 5.10 Å². The van der Waals surface area contributed by atoms with Crippen LogP contribution in [0.1, 0.15) is 22.0 Å². The maximum absolute atomic E-state index is 12.9. The maximum atomic E-state index is 12.9. The minimum Gasteiger partial charge on any atom is -0.497 e. The van der Waals surface area contributed by atoms with Crippen LogP contribution in [0, 0.1) is 0 Å². The predicted molar refractivity (Wildman–Crippen MR) is 117 cm³/mol. The van der Waals surface area contributed by atoms with Crippen molar-refractivity contribution in [2.24, 2.45) is 0 Å². The van der Waals surface area contributed by atoms with Crippen molar-refractivity contribution in [3.8, 4) is 5.75 Å². The zero-order valence-electron chi connectivity index (χ0n) is 16.6. The maximum Gasteiger partial charge on any atom is 0.352 e. The molecule has 0 radical (unpaired) electrons. The summed E-state index contributed by atoms with van der Waals surface area (Å²) in [5, 5.41) is 19.4. The zero-order valence-corrected chi connectivity index (χ0v) is 16.6. The van der Waals surface area contributed by atoms with E-state index in [2.05, 4.69) is 15.7 Å². The van der Waals surface area contributed by atoms with E-state index < -0.39 is 17.9 Å². The Morgan fingerprint density at radius 2 is 2.00 bits per heavy atom. The number of hydrogen-bond acceptors (Lipinski definition) is 5. The topological polar surface area (TPSA) is 105 Å². The molecule has 1 unspecified atom stereocenters. The first-order valence-corrected chi connectivity index (χ1v) is 9.53. The van der Waals surface area contributed by atoms with Crippen LogP contribution in [0.5, 0.6) is 5.75 Å². The van der Waals surface area contributed by atoms with Crippen LogP contribution in [0.25, 0.3) is 6.08 Å². The van der Waals surface area contributed by atoms with Crippen molar-refractivity contribution in [2.75, 3.05) is 17.7 Å². The van der Waals surface area contributed by atoms with Gasteiger partial charge in [-0.15, -0.1) is 0 Å². The molecular formula is C23H20N4O4. The van der Waals surface area contributed by atoms with E-state index in [9.17, 15) is 14.7 Å². The molecule has 1 amide bonds. The molecule has 1 aromatic heterocycles. The Morgan fingerprint density at radius 3 is 2.74 bits per heavy atom. The number of carbonyl (C=O) groups is 2. The second-order valence-electron chi connectivity index (χ2n) is 6.81. The van der Waals surface area contributed by atoms with Crippen LogP contribution in [0.2, 0.25) is 0 Å². The molecule has 0 saturated heterocycles. The van der Waals surface area contributed by atoms with E-state index in [1.165, 1.54) is 6.20 Å². The lowest BCUT2D eigenvalue weighted by molar-refractivity contribution is -0.132. The fourth-order valence-electron chi connectivity index (χ4n) is 3.22. The third-order valence-electron chi connectivity index (χ3n) is 4.76. The number of hydrogen-bond donors (Lipinski definition) is 3. The number of nitrogens with zero attached hydrogens (tertiary/aromatic N) is 2. The molecule has 31 heavy (non-hydrogen) atoms. The average molecular weight is 416 g/mol. The number of benzene rings is 2. The van der Waals surface area contributed by atoms with Gasteiger partial charge in [0.25, 0.3) is 5.91 Å². The van der Waals surface area contributed by atoms with Gasteiger partial charge < -0.3 is 20.5 Å². The number of fused-ring (bicyclic) bond motifs is 1. The fraction of sp³-hybridized carbons (Fsp3) is 0.0870. The molecule has 8 nitrogen and oxygen atoms in total. The number of amides is 1. The number of carboxylic acids is 1. The van der Waals surface area contributed by atoms with E-state index in [-0.39, 0.29) is 11.3 Å². The number of ether oxygens (including phenoxy) is 1. The summed E-state index contributed by atoms with van der Waals surface area (Å²) in [6.45, 7) is 0. The van der Waals surface area contributed by atoms with E-state index in [0.29, 0.717) is 17.3 Å². The Labute approximate surface area is 178 Å². The summed E-state index contributed by atoms with van der Waals surface area (Å²) in [6.07, 6.45) is 6.68. The fourth-order valence-corrected chi connectivity index (χ4v) is 3.22. The minimum atomic E-state index is -1.12. The van der Waals surface area contributed by atoms with Crippen molar-refractivity contribution >= 4 is 29.5 Å². The molecule has 0 aliphatic carbocycles. The van der Waals surface area contributed by atoms with E-state index in [0.717, 1.165) is 5.56 Å². The van der Waals surface area contributed by atoms with Gasteiger partial charge in [-0.3, -0.25) is 4.79 Å². The summed E-state index contributed by atoms with van der Waals surface area (Å²) < 4.78 is 6.75. The largest absolute Gasteiger partial charge is 0.497 e. The third-order valence-corrected chi connectivity index (χ3v) is 4.76. The van der Waals surface area contributed by atoms with Gasteiger partial charge in [-0.05, 0) is 23.8 Å². The summed E-state index contributed by atoms with van der Waals surface area (Å²) in [5.41, 5.74) is 1.73. The molecule has 0 bridgehead atoms. The van der Waals surface area contributed by atoms with Gasteiger partial charge in [0.05, 0.1) is 19.3 Å². The number of rotatable bonds is 6. The van der Waals surface area contributed by atoms with Gasteiger partial charge in [-0.25, -0.2) is 9.48 Å². The molecule has 1 atom stereocenters. The molecule has 8 heteroatoms. The first kappa shape index (κ1) is 20.0. The van der Waals surface area contributed by atoms with Gasteiger partial charge in [-0.1, -0.05) is 48.6 Å². The Kier molecular flexibility index (Phi) is 5.53. The number of methoxy groups -OCH3 is 1. The van der Waals surface area contributed by atoms with E-state index in [1.807, 2.05) is 42.5 Å². The molecule has 2 aromatic carbocycles. The van der Waals surface area contributed by atoms with Gasteiger partial charge in [0.2, 0.25) is 0 Å². The molecule has 4 rings (SSSR count). The van der Waals surface area contributed by atoms with E-state index in [4.69, 9.17) is 4.74 Å². The summed E-state index contributed by atoms with van der Waals surface area (Å²) >= 11 is 0. The lowest BCUT2D eigenvalue weighted by Gasteiger charge is -2.22. The Balaban J connectivity index is 1.64. The van der Waals surface area contributed by atoms with Gasteiger partial charge in [0.15, 0.2) is 0 Å². The van der Waals surface area contributed by atoms with Crippen LogP contribution in [-0.2, 0) is 4.79 Å². The normalized spacial score (nSPS) is 15.0. The predicted octanol–water partition coefficient (Wildman–Crippen LogP) is 3.79. The summed E-state index contributed by atoms with van der Waals surface area (Å²) in [6, 6.07) is 16.1. The molecule has 1 aliphatic heterocycles. The lowest BCUT2D eigenvalue weighted by Crippen LogP contribution is -2.24. The molecular weight excluding hydrogens is 396 g/mol. The molecule has 156 valence electrons. The molecule has 0 fully saturated rings. The second-order valence-corrected chi connectivity index (χ2v) is 6.81. The summed E-state index contributed by atoms with van der Waals surface area (Å²) in [7, 11) is 1.54. The highest BCUT2D eigenvalue weighted by atomic mass is 16.5. The smallest absolute Gasteiger partial charge is 0.352 e. The van der Waals surface area contributed by atoms with Crippen molar-refractivity contribution < 1.29 is 19.4 Å². The molecule has 3 aromatic rings. The van der Waals surface area contributed by atoms with Crippen LogP contribution < -0.4 is 15.4 Å². The third kappa shape index (κ3) is 4.32. The lowest BCUT2D eigenvalue weighted by atomic mass is 10.1. The molecule has 3 N–H and O–H groups in total. The second kappa shape index (κ2) is 8.58. The Morgan fingerprint density at radius 1 is 1.19 bits per heavy atom. The number of carboxylic acid groups (broad SMARTS) is 1. The number of allylic oxidation sites excluding steroid dienone is 2. The average Bonchev–Trinajstić information content (AvgIpc) is 3.22. The number of nitrogens with one attached hydrogen (secondary N) is 2.